The van der Waals surface area contributed by atoms with Gasteiger partial charge in [0.2, 0.25) is 11.8 Å². The summed E-state index contributed by atoms with van der Waals surface area (Å²) in [7, 11) is 0. The van der Waals surface area contributed by atoms with Crippen LogP contribution in [0.15, 0.2) is 46.6 Å². The Bertz CT molecular complexity index is 731. The van der Waals surface area contributed by atoms with Crippen LogP contribution in [0.25, 0.3) is 6.08 Å². The fourth-order valence-electron chi connectivity index (χ4n) is 1.84. The number of nitrogens with one attached hydrogen (secondary N) is 2. The molecule has 8 nitrogen and oxygen atoms in total. The second kappa shape index (κ2) is 9.38. The Labute approximate surface area is 148 Å². The average molecular weight is 359 g/mol. The fourth-order valence-corrected chi connectivity index (χ4v) is 2.76. The van der Waals surface area contributed by atoms with Crippen molar-refractivity contribution in [1.82, 2.24) is 10.6 Å². The summed E-state index contributed by atoms with van der Waals surface area (Å²) >= 11 is 1.06. The minimum atomic E-state index is -1.39. The van der Waals surface area contributed by atoms with Crippen molar-refractivity contribution < 1.29 is 19.5 Å². The van der Waals surface area contributed by atoms with E-state index in [0.29, 0.717) is 0 Å². The van der Waals surface area contributed by atoms with Crippen LogP contribution in [0.4, 0.5) is 0 Å². The molecule has 0 aliphatic carbocycles. The number of allylic oxidation sites excluding steroid dienone is 1. The number of benzene rings is 1. The van der Waals surface area contributed by atoms with Gasteiger partial charge in [0.05, 0.1) is 12.5 Å². The molecule has 0 aromatic heterocycles. The molecule has 0 saturated carbocycles. The number of thioether (sulfide) groups is 1. The molecule has 1 aromatic carbocycles. The molecule has 1 fully saturated rings. The molecular formula is C16H15N4O4S-. The van der Waals surface area contributed by atoms with E-state index in [4.69, 9.17) is 0 Å². The van der Waals surface area contributed by atoms with E-state index in [1.54, 1.807) is 6.08 Å². The van der Waals surface area contributed by atoms with Gasteiger partial charge in [-0.1, -0.05) is 48.2 Å². The van der Waals surface area contributed by atoms with Crippen molar-refractivity contribution in [2.45, 2.75) is 11.7 Å². The lowest BCUT2D eigenvalue weighted by Crippen LogP contribution is -2.39. The van der Waals surface area contributed by atoms with Gasteiger partial charge in [0.1, 0.15) is 5.25 Å². The molecule has 1 unspecified atom stereocenters. The second-order valence-corrected chi connectivity index (χ2v) is 6.08. The summed E-state index contributed by atoms with van der Waals surface area (Å²) in [5.41, 5.74) is 1.02. The van der Waals surface area contributed by atoms with E-state index >= 15 is 0 Å². The number of aliphatic carboxylic acids is 1. The molecule has 1 saturated heterocycles. The topological polar surface area (TPSA) is 123 Å². The van der Waals surface area contributed by atoms with Gasteiger partial charge in [0.15, 0.2) is 5.17 Å². The fraction of sp³-hybridized carbons (Fsp3) is 0.188. The van der Waals surface area contributed by atoms with E-state index in [9.17, 15) is 19.5 Å². The maximum Gasteiger partial charge on any atom is 0.240 e. The van der Waals surface area contributed by atoms with E-state index in [2.05, 4.69) is 20.8 Å². The molecule has 2 rings (SSSR count). The number of nitrogens with zero attached hydrogens (tertiary/aromatic N) is 2. The van der Waals surface area contributed by atoms with E-state index in [1.807, 2.05) is 36.4 Å². The lowest BCUT2D eigenvalue weighted by Gasteiger charge is -2.07. The van der Waals surface area contributed by atoms with Gasteiger partial charge in [0, 0.05) is 12.6 Å². The molecule has 9 heteroatoms. The third-order valence-electron chi connectivity index (χ3n) is 2.97. The Morgan fingerprint density at radius 3 is 2.80 bits per heavy atom. The van der Waals surface area contributed by atoms with Crippen molar-refractivity contribution in [3.8, 4) is 0 Å². The highest BCUT2D eigenvalue weighted by Gasteiger charge is 2.32. The highest BCUT2D eigenvalue weighted by Crippen LogP contribution is 2.22. The average Bonchev–Trinajstić information content (AvgIpc) is 2.93. The first-order chi connectivity index (χ1) is 12.0. The number of carbonyl (C=O) groups is 3. The van der Waals surface area contributed by atoms with Gasteiger partial charge in [-0.05, 0) is 11.6 Å². The maximum absolute atomic E-state index is 11.7. The number of carboxylic acids is 1. The number of amidine groups is 1. The highest BCUT2D eigenvalue weighted by atomic mass is 32.2. The monoisotopic (exact) mass is 359 g/mol. The molecule has 25 heavy (non-hydrogen) atoms. The van der Waals surface area contributed by atoms with Gasteiger partial charge in [-0.2, -0.15) is 5.10 Å². The molecule has 2 N–H and O–H groups in total. The van der Waals surface area contributed by atoms with E-state index in [0.717, 1.165) is 17.3 Å². The Kier molecular flexibility index (Phi) is 6.90. The molecule has 130 valence electrons. The highest BCUT2D eigenvalue weighted by molar-refractivity contribution is 8.15. The quantitative estimate of drug-likeness (QED) is 0.503. The summed E-state index contributed by atoms with van der Waals surface area (Å²) in [6.07, 6.45) is 4.90. The third-order valence-corrected chi connectivity index (χ3v) is 4.04. The van der Waals surface area contributed by atoms with Crippen LogP contribution in [-0.2, 0) is 14.4 Å². The molecule has 0 spiro atoms. The predicted molar refractivity (Wildman–Crippen MR) is 93.6 cm³/mol. The lowest BCUT2D eigenvalue weighted by atomic mass is 10.2. The zero-order valence-electron chi connectivity index (χ0n) is 13.0. The zero-order chi connectivity index (χ0) is 18.1. The zero-order valence-corrected chi connectivity index (χ0v) is 13.9. The number of carboxylic acid groups (broad SMARTS) is 1. The number of hydrogen-bond donors (Lipinski definition) is 2. The molecule has 1 aromatic rings. The van der Waals surface area contributed by atoms with Crippen LogP contribution in [-0.4, -0.2) is 41.0 Å². The van der Waals surface area contributed by atoms with Gasteiger partial charge >= 0.3 is 0 Å². The summed E-state index contributed by atoms with van der Waals surface area (Å²) in [5.74, 6) is -2.31. The van der Waals surface area contributed by atoms with Crippen LogP contribution in [0.5, 0.6) is 0 Å². The molecule has 0 radical (unpaired) electrons. The summed E-state index contributed by atoms with van der Waals surface area (Å²) in [6, 6.07) is 9.65. The molecule has 1 aliphatic heterocycles. The molecule has 0 bridgehead atoms. The first-order valence-electron chi connectivity index (χ1n) is 7.31. The van der Waals surface area contributed by atoms with Crippen molar-refractivity contribution in [1.29, 1.82) is 0 Å². The normalized spacial score (nSPS) is 18.8. The van der Waals surface area contributed by atoms with Gasteiger partial charge in [0.25, 0.3) is 0 Å². The molecule has 1 heterocycles. The number of hydrogen-bond acceptors (Lipinski definition) is 7. The second-order valence-electron chi connectivity index (χ2n) is 4.89. The van der Waals surface area contributed by atoms with Crippen LogP contribution < -0.4 is 15.7 Å². The summed E-state index contributed by atoms with van der Waals surface area (Å²) < 4.78 is 0. The number of carbonyl (C=O) groups excluding carboxylic acids is 3. The van der Waals surface area contributed by atoms with Crippen LogP contribution in [0.3, 0.4) is 0 Å². The molecule has 1 aliphatic rings. The first-order valence-corrected chi connectivity index (χ1v) is 8.19. The third kappa shape index (κ3) is 6.60. The van der Waals surface area contributed by atoms with Crippen LogP contribution in [0.1, 0.15) is 12.0 Å². The summed E-state index contributed by atoms with van der Waals surface area (Å²) in [5, 5.41) is 22.2. The van der Waals surface area contributed by atoms with Gasteiger partial charge in [-0.25, -0.2) is 0 Å². The van der Waals surface area contributed by atoms with E-state index < -0.39 is 23.7 Å². The smallest absolute Gasteiger partial charge is 0.240 e. The van der Waals surface area contributed by atoms with Crippen LogP contribution in [0, 0.1) is 0 Å². The number of amides is 2. The predicted octanol–water partition coefficient (Wildman–Crippen LogP) is -0.471. The van der Waals surface area contributed by atoms with Crippen molar-refractivity contribution in [3.63, 3.8) is 0 Å². The Morgan fingerprint density at radius 1 is 1.32 bits per heavy atom. The Morgan fingerprint density at radius 2 is 2.08 bits per heavy atom. The van der Waals surface area contributed by atoms with Crippen molar-refractivity contribution in [2.75, 3.05) is 6.54 Å². The van der Waals surface area contributed by atoms with Gasteiger partial charge < -0.3 is 20.5 Å². The molecular weight excluding hydrogens is 344 g/mol. The van der Waals surface area contributed by atoms with Crippen LogP contribution in [0.2, 0.25) is 0 Å². The molecule has 1 atom stereocenters. The lowest BCUT2D eigenvalue weighted by molar-refractivity contribution is -0.304. The SMILES string of the molecule is O=C([O-])CNC(=O)CC1S/C(=N/N=CC=Cc2ccccc2)NC1=O. The molecule has 2 amide bonds. The van der Waals surface area contributed by atoms with Gasteiger partial charge in [-0.3, -0.25) is 9.59 Å². The number of rotatable bonds is 7. The van der Waals surface area contributed by atoms with Crippen molar-refractivity contribution in [2.24, 2.45) is 10.2 Å². The largest absolute Gasteiger partial charge is 0.548 e. The standard InChI is InChI=1S/C16H16N4O4S/c21-13(17-10-14(22)23)9-12-15(24)19-16(25-12)20-18-8-4-7-11-5-2-1-3-6-11/h1-8,12H,9-10H2,(H,17,21)(H,22,23)(H,19,20,24)/p-1. The van der Waals surface area contributed by atoms with Gasteiger partial charge in [-0.15, -0.1) is 5.10 Å². The minimum Gasteiger partial charge on any atom is -0.548 e. The van der Waals surface area contributed by atoms with E-state index in [-0.39, 0.29) is 17.5 Å². The Balaban J connectivity index is 1.81. The summed E-state index contributed by atoms with van der Waals surface area (Å²) in [6.45, 7) is -0.586. The van der Waals surface area contributed by atoms with Crippen LogP contribution >= 0.6 is 11.8 Å². The van der Waals surface area contributed by atoms with Crippen molar-refractivity contribution in [3.05, 3.63) is 42.0 Å². The minimum absolute atomic E-state index is 0.152. The maximum atomic E-state index is 11.7. The van der Waals surface area contributed by atoms with E-state index in [1.165, 1.54) is 6.21 Å². The van der Waals surface area contributed by atoms with Crippen molar-refractivity contribution >= 4 is 47.0 Å². The summed E-state index contributed by atoms with van der Waals surface area (Å²) in [4.78, 5) is 33.5. The first kappa shape index (κ1) is 18.4. The Hall–Kier alpha value is -2.94.